The normalized spacial score (nSPS) is 10.9. The molecule has 0 aromatic heterocycles. The fraction of sp³-hybridized carbons (Fsp3) is 0.818. The first-order valence-corrected chi connectivity index (χ1v) is 5.65. The van der Waals surface area contributed by atoms with Crippen LogP contribution in [0.1, 0.15) is 27.7 Å². The molecule has 0 aliphatic carbocycles. The van der Waals surface area contributed by atoms with E-state index in [4.69, 9.17) is 5.11 Å². The number of likely N-dealkylation sites (N-methyl/N-ethyl adjacent to an activating group) is 1. The van der Waals surface area contributed by atoms with Crippen molar-refractivity contribution < 1.29 is 14.7 Å². The largest absolute Gasteiger partial charge is 0.480 e. The number of aliphatic carboxylic acids is 1. The molecule has 5 nitrogen and oxygen atoms in total. The number of nitrogens with zero attached hydrogens (tertiary/aromatic N) is 2. The van der Waals surface area contributed by atoms with Crippen molar-refractivity contribution in [1.82, 2.24) is 9.80 Å². The highest BCUT2D eigenvalue weighted by molar-refractivity contribution is 5.79. The van der Waals surface area contributed by atoms with Crippen LogP contribution in [0.3, 0.4) is 0 Å². The molecule has 5 heteroatoms. The van der Waals surface area contributed by atoms with Gasteiger partial charge >= 0.3 is 5.97 Å². The molecule has 0 aliphatic rings. The lowest BCUT2D eigenvalue weighted by atomic mass is 10.3. The van der Waals surface area contributed by atoms with E-state index >= 15 is 0 Å². The van der Waals surface area contributed by atoms with E-state index < -0.39 is 5.97 Å². The van der Waals surface area contributed by atoms with E-state index in [1.54, 1.807) is 9.80 Å². The zero-order valence-electron chi connectivity index (χ0n) is 10.6. The van der Waals surface area contributed by atoms with Crippen LogP contribution < -0.4 is 0 Å². The summed E-state index contributed by atoms with van der Waals surface area (Å²) in [7, 11) is 0. The Bertz CT molecular complexity index is 237. The SMILES string of the molecule is CCN(CC)C(=O)CN(CC(=O)O)C(C)C. The molecule has 0 atom stereocenters. The van der Waals surface area contributed by atoms with E-state index in [1.807, 2.05) is 27.7 Å². The maximum Gasteiger partial charge on any atom is 0.317 e. The molecule has 0 heterocycles. The number of rotatable bonds is 7. The monoisotopic (exact) mass is 230 g/mol. The van der Waals surface area contributed by atoms with Crippen molar-refractivity contribution in [3.63, 3.8) is 0 Å². The van der Waals surface area contributed by atoms with Gasteiger partial charge in [-0.1, -0.05) is 0 Å². The van der Waals surface area contributed by atoms with E-state index in [2.05, 4.69) is 0 Å². The molecule has 0 aliphatic heterocycles. The molecule has 0 aromatic carbocycles. The molecule has 0 bridgehead atoms. The second kappa shape index (κ2) is 7.22. The molecule has 0 radical (unpaired) electrons. The van der Waals surface area contributed by atoms with Gasteiger partial charge in [0.15, 0.2) is 0 Å². The molecule has 94 valence electrons. The highest BCUT2D eigenvalue weighted by Gasteiger charge is 2.19. The number of carboxylic acids is 1. The standard InChI is InChI=1S/C11H22N2O3/c1-5-12(6-2)10(14)7-13(9(3)4)8-11(15)16/h9H,5-8H2,1-4H3,(H,15,16). The highest BCUT2D eigenvalue weighted by atomic mass is 16.4. The van der Waals surface area contributed by atoms with Gasteiger partial charge in [-0.25, -0.2) is 0 Å². The van der Waals surface area contributed by atoms with Gasteiger partial charge in [0, 0.05) is 19.1 Å². The molecular weight excluding hydrogens is 208 g/mol. The summed E-state index contributed by atoms with van der Waals surface area (Å²) in [5.41, 5.74) is 0. The average molecular weight is 230 g/mol. The van der Waals surface area contributed by atoms with Crippen molar-refractivity contribution in [3.05, 3.63) is 0 Å². The van der Waals surface area contributed by atoms with Gasteiger partial charge in [-0.05, 0) is 27.7 Å². The van der Waals surface area contributed by atoms with E-state index in [1.165, 1.54) is 0 Å². The molecule has 16 heavy (non-hydrogen) atoms. The van der Waals surface area contributed by atoms with Crippen molar-refractivity contribution in [2.24, 2.45) is 0 Å². The number of hydrogen-bond donors (Lipinski definition) is 1. The number of carbonyl (C=O) groups is 2. The Balaban J connectivity index is 4.38. The molecule has 0 rings (SSSR count). The van der Waals surface area contributed by atoms with E-state index in [-0.39, 0.29) is 25.0 Å². The maximum absolute atomic E-state index is 11.8. The smallest absolute Gasteiger partial charge is 0.317 e. The first-order valence-electron chi connectivity index (χ1n) is 5.65. The molecule has 1 N–H and O–H groups in total. The zero-order valence-corrected chi connectivity index (χ0v) is 10.6. The Labute approximate surface area is 97.0 Å². The van der Waals surface area contributed by atoms with Crippen molar-refractivity contribution in [1.29, 1.82) is 0 Å². The number of carboxylic acid groups (broad SMARTS) is 1. The third kappa shape index (κ3) is 5.11. The fourth-order valence-electron chi connectivity index (χ4n) is 1.44. The molecular formula is C11H22N2O3. The van der Waals surface area contributed by atoms with Crippen molar-refractivity contribution in [2.45, 2.75) is 33.7 Å². The Morgan fingerprint density at radius 1 is 1.12 bits per heavy atom. The number of carbonyl (C=O) groups excluding carboxylic acids is 1. The molecule has 0 saturated carbocycles. The summed E-state index contributed by atoms with van der Waals surface area (Å²) in [6.45, 7) is 9.01. The molecule has 0 unspecified atom stereocenters. The summed E-state index contributed by atoms with van der Waals surface area (Å²) in [5.74, 6) is -0.916. The summed E-state index contributed by atoms with van der Waals surface area (Å²) in [6.07, 6.45) is 0. The molecule has 0 fully saturated rings. The van der Waals surface area contributed by atoms with Gasteiger partial charge in [-0.3, -0.25) is 14.5 Å². The van der Waals surface area contributed by atoms with Gasteiger partial charge in [-0.15, -0.1) is 0 Å². The van der Waals surface area contributed by atoms with Gasteiger partial charge < -0.3 is 10.0 Å². The first-order chi connectivity index (χ1) is 7.42. The topological polar surface area (TPSA) is 60.9 Å². The summed E-state index contributed by atoms with van der Waals surface area (Å²) in [5, 5.41) is 8.73. The Morgan fingerprint density at radius 2 is 1.62 bits per heavy atom. The van der Waals surface area contributed by atoms with Crippen LogP contribution in [-0.4, -0.2) is 59.0 Å². The van der Waals surface area contributed by atoms with Crippen LogP contribution in [-0.2, 0) is 9.59 Å². The van der Waals surface area contributed by atoms with Gasteiger partial charge in [0.1, 0.15) is 0 Å². The van der Waals surface area contributed by atoms with Crippen LogP contribution >= 0.6 is 0 Å². The molecule has 0 saturated heterocycles. The number of amides is 1. The third-order valence-electron chi connectivity index (χ3n) is 2.52. The minimum Gasteiger partial charge on any atom is -0.480 e. The molecule has 1 amide bonds. The van der Waals surface area contributed by atoms with Crippen molar-refractivity contribution in [3.8, 4) is 0 Å². The van der Waals surface area contributed by atoms with Crippen molar-refractivity contribution >= 4 is 11.9 Å². The lowest BCUT2D eigenvalue weighted by molar-refractivity contribution is -0.140. The number of hydrogen-bond acceptors (Lipinski definition) is 3. The summed E-state index contributed by atoms with van der Waals surface area (Å²) in [4.78, 5) is 25.8. The van der Waals surface area contributed by atoms with Gasteiger partial charge in [0.2, 0.25) is 5.91 Å². The highest BCUT2D eigenvalue weighted by Crippen LogP contribution is 2.00. The quantitative estimate of drug-likeness (QED) is 0.697. The summed E-state index contributed by atoms with van der Waals surface area (Å²) < 4.78 is 0. The second-order valence-electron chi connectivity index (χ2n) is 3.96. The summed E-state index contributed by atoms with van der Waals surface area (Å²) >= 11 is 0. The van der Waals surface area contributed by atoms with Crippen LogP contribution in [0.4, 0.5) is 0 Å². The Morgan fingerprint density at radius 3 is 1.94 bits per heavy atom. The van der Waals surface area contributed by atoms with Gasteiger partial charge in [-0.2, -0.15) is 0 Å². The van der Waals surface area contributed by atoms with Gasteiger partial charge in [0.05, 0.1) is 13.1 Å². The average Bonchev–Trinajstić information content (AvgIpc) is 2.17. The minimum atomic E-state index is -0.902. The molecule has 0 aromatic rings. The predicted octanol–water partition coefficient (Wildman–Crippen LogP) is 0.650. The van der Waals surface area contributed by atoms with E-state index in [9.17, 15) is 9.59 Å². The Kier molecular flexibility index (Phi) is 6.72. The van der Waals surface area contributed by atoms with Crippen LogP contribution in [0, 0.1) is 0 Å². The first kappa shape index (κ1) is 14.9. The lowest BCUT2D eigenvalue weighted by Gasteiger charge is -2.27. The van der Waals surface area contributed by atoms with Crippen LogP contribution in [0.5, 0.6) is 0 Å². The van der Waals surface area contributed by atoms with Gasteiger partial charge in [0.25, 0.3) is 0 Å². The summed E-state index contributed by atoms with van der Waals surface area (Å²) in [6, 6.07) is 0.0515. The predicted molar refractivity (Wildman–Crippen MR) is 62.3 cm³/mol. The second-order valence-corrected chi connectivity index (χ2v) is 3.96. The van der Waals surface area contributed by atoms with Crippen LogP contribution in [0.2, 0.25) is 0 Å². The zero-order chi connectivity index (χ0) is 12.7. The lowest BCUT2D eigenvalue weighted by Crippen LogP contribution is -2.44. The van der Waals surface area contributed by atoms with E-state index in [0.717, 1.165) is 0 Å². The Hall–Kier alpha value is -1.10. The molecule has 0 spiro atoms. The minimum absolute atomic E-state index is 0.0139. The van der Waals surface area contributed by atoms with E-state index in [0.29, 0.717) is 13.1 Å². The third-order valence-corrected chi connectivity index (χ3v) is 2.52. The fourth-order valence-corrected chi connectivity index (χ4v) is 1.44. The van der Waals surface area contributed by atoms with Crippen LogP contribution in [0.15, 0.2) is 0 Å². The van der Waals surface area contributed by atoms with Crippen LogP contribution in [0.25, 0.3) is 0 Å². The van der Waals surface area contributed by atoms with Crippen molar-refractivity contribution in [2.75, 3.05) is 26.2 Å². The maximum atomic E-state index is 11.8.